The smallest absolute Gasteiger partial charge is 0.224 e. The zero-order chi connectivity index (χ0) is 15.1. The molecule has 0 bridgehead atoms. The molecule has 0 saturated carbocycles. The van der Waals surface area contributed by atoms with E-state index in [4.69, 9.17) is 22.1 Å². The van der Waals surface area contributed by atoms with Crippen LogP contribution >= 0.6 is 11.6 Å². The molecule has 0 saturated heterocycles. The summed E-state index contributed by atoms with van der Waals surface area (Å²) in [7, 11) is 0. The van der Waals surface area contributed by atoms with E-state index < -0.39 is 0 Å². The lowest BCUT2D eigenvalue weighted by Gasteiger charge is -2.08. The Morgan fingerprint density at radius 3 is 2.67 bits per heavy atom. The number of carbonyl (C=O) groups is 1. The first-order valence-corrected chi connectivity index (χ1v) is 7.01. The second-order valence-electron chi connectivity index (χ2n) is 4.57. The molecule has 1 amide bonds. The quantitative estimate of drug-likeness (QED) is 0.637. The van der Waals surface area contributed by atoms with Crippen LogP contribution < -0.4 is 15.8 Å². The summed E-state index contributed by atoms with van der Waals surface area (Å²) in [5.74, 6) is 0.673. The number of nitrogen functional groups attached to an aromatic ring is 1. The largest absolute Gasteiger partial charge is 0.492 e. The molecule has 5 heteroatoms. The Morgan fingerprint density at radius 1 is 1.19 bits per heavy atom. The molecule has 0 aromatic heterocycles. The maximum atomic E-state index is 11.8. The Morgan fingerprint density at radius 2 is 1.95 bits per heavy atom. The lowest BCUT2D eigenvalue weighted by Crippen LogP contribution is -2.29. The minimum atomic E-state index is -0.0572. The van der Waals surface area contributed by atoms with Crippen LogP contribution in [-0.2, 0) is 11.2 Å². The van der Waals surface area contributed by atoms with E-state index in [1.54, 1.807) is 36.4 Å². The molecule has 0 heterocycles. The van der Waals surface area contributed by atoms with E-state index in [-0.39, 0.29) is 5.91 Å². The predicted molar refractivity (Wildman–Crippen MR) is 84.5 cm³/mol. The predicted octanol–water partition coefficient (Wildman–Crippen LogP) is 2.66. The number of hydrogen-bond acceptors (Lipinski definition) is 3. The van der Waals surface area contributed by atoms with Crippen LogP contribution in [0.15, 0.2) is 48.5 Å². The van der Waals surface area contributed by atoms with Gasteiger partial charge in [0.25, 0.3) is 0 Å². The number of rotatable bonds is 6. The van der Waals surface area contributed by atoms with E-state index in [9.17, 15) is 4.79 Å². The Kier molecular flexibility index (Phi) is 5.46. The summed E-state index contributed by atoms with van der Waals surface area (Å²) in [6.45, 7) is 0.856. The van der Waals surface area contributed by atoms with E-state index in [0.717, 1.165) is 11.3 Å². The Bertz CT molecular complexity index is 599. The highest BCUT2D eigenvalue weighted by Gasteiger charge is 2.03. The van der Waals surface area contributed by atoms with Crippen molar-refractivity contribution < 1.29 is 9.53 Å². The topological polar surface area (TPSA) is 64.3 Å². The fourth-order valence-electron chi connectivity index (χ4n) is 1.82. The average molecular weight is 305 g/mol. The highest BCUT2D eigenvalue weighted by atomic mass is 35.5. The highest BCUT2D eigenvalue weighted by Crippen LogP contribution is 2.13. The summed E-state index contributed by atoms with van der Waals surface area (Å²) < 4.78 is 5.49. The van der Waals surface area contributed by atoms with Crippen molar-refractivity contribution in [3.05, 3.63) is 59.1 Å². The molecule has 4 nitrogen and oxygen atoms in total. The average Bonchev–Trinajstić information content (AvgIpc) is 2.45. The maximum Gasteiger partial charge on any atom is 0.224 e. The molecule has 0 spiro atoms. The van der Waals surface area contributed by atoms with Crippen molar-refractivity contribution in [1.29, 1.82) is 0 Å². The molecule has 110 valence electrons. The lowest BCUT2D eigenvalue weighted by molar-refractivity contribution is -0.120. The van der Waals surface area contributed by atoms with Gasteiger partial charge in [-0.05, 0) is 42.0 Å². The Labute approximate surface area is 128 Å². The van der Waals surface area contributed by atoms with Gasteiger partial charge in [-0.15, -0.1) is 0 Å². The minimum absolute atomic E-state index is 0.0572. The monoisotopic (exact) mass is 304 g/mol. The van der Waals surface area contributed by atoms with Gasteiger partial charge < -0.3 is 15.8 Å². The SMILES string of the molecule is Nc1ccc(OCCNC(=O)Cc2cccc(Cl)c2)cc1. The molecule has 21 heavy (non-hydrogen) atoms. The second kappa shape index (κ2) is 7.55. The van der Waals surface area contributed by atoms with Gasteiger partial charge in [0.05, 0.1) is 13.0 Å². The van der Waals surface area contributed by atoms with Crippen LogP contribution in [0.3, 0.4) is 0 Å². The van der Waals surface area contributed by atoms with Gasteiger partial charge in [0.2, 0.25) is 5.91 Å². The van der Waals surface area contributed by atoms with Crippen LogP contribution in [0.5, 0.6) is 5.75 Å². The van der Waals surface area contributed by atoms with Gasteiger partial charge >= 0.3 is 0 Å². The summed E-state index contributed by atoms with van der Waals surface area (Å²) in [6, 6.07) is 14.4. The zero-order valence-electron chi connectivity index (χ0n) is 11.5. The summed E-state index contributed by atoms with van der Waals surface area (Å²) in [4.78, 5) is 11.8. The van der Waals surface area contributed by atoms with E-state index in [0.29, 0.717) is 30.3 Å². The van der Waals surface area contributed by atoms with Crippen LogP contribution in [-0.4, -0.2) is 19.1 Å². The van der Waals surface area contributed by atoms with Crippen LogP contribution in [0.1, 0.15) is 5.56 Å². The normalized spacial score (nSPS) is 10.1. The minimum Gasteiger partial charge on any atom is -0.492 e. The van der Waals surface area contributed by atoms with E-state index in [1.165, 1.54) is 0 Å². The van der Waals surface area contributed by atoms with Crippen molar-refractivity contribution in [1.82, 2.24) is 5.32 Å². The van der Waals surface area contributed by atoms with Crippen molar-refractivity contribution in [2.45, 2.75) is 6.42 Å². The molecule has 0 unspecified atom stereocenters. The Hall–Kier alpha value is -2.20. The van der Waals surface area contributed by atoms with Crippen LogP contribution in [0.25, 0.3) is 0 Å². The van der Waals surface area contributed by atoms with E-state index >= 15 is 0 Å². The number of halogens is 1. The van der Waals surface area contributed by atoms with Crippen molar-refractivity contribution in [2.24, 2.45) is 0 Å². The number of nitrogens with one attached hydrogen (secondary N) is 1. The van der Waals surface area contributed by atoms with Gasteiger partial charge in [-0.1, -0.05) is 23.7 Å². The van der Waals surface area contributed by atoms with E-state index in [2.05, 4.69) is 5.32 Å². The molecule has 2 aromatic rings. The summed E-state index contributed by atoms with van der Waals surface area (Å²) in [5.41, 5.74) is 7.16. The molecule has 0 fully saturated rings. The number of anilines is 1. The first-order valence-electron chi connectivity index (χ1n) is 6.63. The summed E-state index contributed by atoms with van der Waals surface area (Å²) in [5, 5.41) is 3.43. The lowest BCUT2D eigenvalue weighted by atomic mass is 10.1. The Balaban J connectivity index is 1.68. The van der Waals surface area contributed by atoms with E-state index in [1.807, 2.05) is 12.1 Å². The first-order chi connectivity index (χ1) is 10.1. The molecule has 0 aliphatic rings. The summed E-state index contributed by atoms with van der Waals surface area (Å²) in [6.07, 6.45) is 0.308. The van der Waals surface area contributed by atoms with Gasteiger partial charge in [-0.3, -0.25) is 4.79 Å². The number of benzene rings is 2. The third-order valence-electron chi connectivity index (χ3n) is 2.83. The van der Waals surface area contributed by atoms with Crippen molar-refractivity contribution in [3.8, 4) is 5.75 Å². The number of nitrogens with two attached hydrogens (primary N) is 1. The molecule has 0 aliphatic carbocycles. The number of hydrogen-bond donors (Lipinski definition) is 2. The highest BCUT2D eigenvalue weighted by molar-refractivity contribution is 6.30. The molecule has 0 radical (unpaired) electrons. The molecule has 2 aromatic carbocycles. The second-order valence-corrected chi connectivity index (χ2v) is 5.01. The fraction of sp³-hybridized carbons (Fsp3) is 0.188. The zero-order valence-corrected chi connectivity index (χ0v) is 12.3. The van der Waals surface area contributed by atoms with Crippen molar-refractivity contribution in [2.75, 3.05) is 18.9 Å². The molecule has 2 rings (SSSR count). The first kappa shape index (κ1) is 15.2. The van der Waals surface area contributed by atoms with Crippen LogP contribution in [0, 0.1) is 0 Å². The molecule has 0 aliphatic heterocycles. The van der Waals surface area contributed by atoms with Gasteiger partial charge in [0, 0.05) is 10.7 Å². The fourth-order valence-corrected chi connectivity index (χ4v) is 2.03. The van der Waals surface area contributed by atoms with Gasteiger partial charge in [0.1, 0.15) is 12.4 Å². The number of carbonyl (C=O) groups excluding carboxylic acids is 1. The van der Waals surface area contributed by atoms with Gasteiger partial charge in [-0.25, -0.2) is 0 Å². The standard InChI is InChI=1S/C16H17ClN2O2/c17-13-3-1-2-12(10-13)11-16(20)19-8-9-21-15-6-4-14(18)5-7-15/h1-7,10H,8-9,11,18H2,(H,19,20). The molecular weight excluding hydrogens is 288 g/mol. The van der Waals surface area contributed by atoms with Crippen molar-refractivity contribution in [3.63, 3.8) is 0 Å². The maximum absolute atomic E-state index is 11.8. The van der Waals surface area contributed by atoms with Crippen LogP contribution in [0.4, 0.5) is 5.69 Å². The third-order valence-corrected chi connectivity index (χ3v) is 3.06. The molecule has 3 N–H and O–H groups in total. The summed E-state index contributed by atoms with van der Waals surface area (Å²) >= 11 is 5.87. The number of amides is 1. The van der Waals surface area contributed by atoms with Crippen LogP contribution in [0.2, 0.25) is 5.02 Å². The third kappa shape index (κ3) is 5.36. The van der Waals surface area contributed by atoms with Gasteiger partial charge in [-0.2, -0.15) is 0 Å². The number of ether oxygens (including phenoxy) is 1. The van der Waals surface area contributed by atoms with Crippen molar-refractivity contribution >= 4 is 23.2 Å². The van der Waals surface area contributed by atoms with Gasteiger partial charge in [0.15, 0.2) is 0 Å². The molecular formula is C16H17ClN2O2. The molecule has 0 atom stereocenters.